The van der Waals surface area contributed by atoms with Gasteiger partial charge in [-0.2, -0.15) is 15.0 Å². The average molecular weight is 2070 g/mol. The molecule has 25 heteroatoms. The Morgan fingerprint density at radius 1 is 0.324 bits per heavy atom. The predicted octanol–water partition coefficient (Wildman–Crippen LogP) is 30.5. The van der Waals surface area contributed by atoms with Gasteiger partial charge in [0.2, 0.25) is 10.6 Å². The molecule has 1 aliphatic heterocycles. The Balaban J connectivity index is 0.000000136. The van der Waals surface area contributed by atoms with E-state index in [1.807, 2.05) is 189 Å². The lowest BCUT2D eigenvalue weighted by Gasteiger charge is -2.32. The molecule has 0 atom stereocenters. The van der Waals surface area contributed by atoms with E-state index in [0.717, 1.165) is 205 Å². The van der Waals surface area contributed by atoms with Gasteiger partial charge in [-0.15, -0.1) is 0 Å². The summed E-state index contributed by atoms with van der Waals surface area (Å²) in [7, 11) is -0.355. The van der Waals surface area contributed by atoms with Gasteiger partial charge in [0.15, 0.2) is 23.3 Å². The summed E-state index contributed by atoms with van der Waals surface area (Å²) in [5, 5.41) is 9.97. The number of unbranched alkanes of at least 4 members (excludes halogenated alkanes) is 1. The van der Waals surface area contributed by atoms with Crippen LogP contribution in [0.5, 0.6) is 0 Å². The topological polar surface area (TPSA) is 264 Å². The lowest BCUT2D eigenvalue weighted by atomic mass is 9.79. The summed E-state index contributed by atoms with van der Waals surface area (Å²) in [6, 6.07) is 119. The Labute approximate surface area is 868 Å². The number of benzene rings is 12. The third-order valence-corrected chi connectivity index (χ3v) is 25.6. The minimum absolute atomic E-state index is 0. The van der Waals surface area contributed by atoms with Crippen molar-refractivity contribution in [2.45, 2.75) is 73.5 Å². The van der Waals surface area contributed by atoms with Crippen LogP contribution in [0.15, 0.2) is 411 Å². The van der Waals surface area contributed by atoms with Crippen LogP contribution in [0.4, 0.5) is 5.69 Å². The Kier molecular flexibility index (Phi) is 33.1. The lowest BCUT2D eigenvalue weighted by molar-refractivity contribution is 0.00578. The van der Waals surface area contributed by atoms with Gasteiger partial charge in [-0.25, -0.2) is 34.9 Å². The third kappa shape index (κ3) is 24.5. The molecule has 1 aliphatic rings. The molecule has 1 saturated heterocycles. The van der Waals surface area contributed by atoms with Crippen molar-refractivity contribution >= 4 is 178 Å². The monoisotopic (exact) mass is 2070 g/mol. The van der Waals surface area contributed by atoms with Crippen molar-refractivity contribution in [1.82, 2.24) is 74.8 Å². The number of ether oxygens (including phenoxy) is 1. The highest BCUT2D eigenvalue weighted by Gasteiger charge is 2.51. The van der Waals surface area contributed by atoms with Crippen LogP contribution in [0.25, 0.3) is 189 Å². The zero-order valence-electron chi connectivity index (χ0n) is 78.4. The predicted molar refractivity (Wildman–Crippen MR) is 602 cm³/mol. The van der Waals surface area contributed by atoms with E-state index in [2.05, 4.69) is 295 Å². The summed E-state index contributed by atoms with van der Waals surface area (Å²) in [5.74, 6) is 2.28. The molecule has 24 rings (SSSR count). The first kappa shape index (κ1) is 102. The van der Waals surface area contributed by atoms with E-state index >= 15 is 0 Å². The van der Waals surface area contributed by atoms with Crippen molar-refractivity contribution in [1.29, 1.82) is 0 Å². The van der Waals surface area contributed by atoms with Gasteiger partial charge in [0.25, 0.3) is 0 Å². The molecule has 145 heavy (non-hydrogen) atoms. The maximum atomic E-state index is 10.1. The second-order valence-electron chi connectivity index (χ2n) is 34.2. The normalized spacial score (nSPS) is 12.0. The van der Waals surface area contributed by atoms with E-state index in [4.69, 9.17) is 77.9 Å². The van der Waals surface area contributed by atoms with E-state index in [0.29, 0.717) is 28.9 Å². The van der Waals surface area contributed by atoms with Gasteiger partial charge in [0.1, 0.15) is 6.29 Å². The smallest absolute Gasteiger partial charge is 0.494 e. The molecule has 1 fully saturated rings. The number of nitrogen functional groups attached to an aromatic ring is 1. The van der Waals surface area contributed by atoms with E-state index in [9.17, 15) is 4.79 Å². The average Bonchev–Trinajstić information content (AvgIpc) is 1.33. The van der Waals surface area contributed by atoms with Crippen molar-refractivity contribution in [3.05, 3.63) is 427 Å². The highest BCUT2D eigenvalue weighted by atomic mass is 79.9. The second kappa shape index (κ2) is 47.2. The summed E-state index contributed by atoms with van der Waals surface area (Å²) in [4.78, 5) is 78.8. The van der Waals surface area contributed by atoms with Crippen LogP contribution in [0.2, 0.25) is 10.6 Å². The Morgan fingerprint density at radius 2 is 0.607 bits per heavy atom. The molecule has 0 saturated carbocycles. The number of rotatable bonds is 14. The number of hydrogen-bond donors (Lipinski definition) is 1. The first-order valence-corrected chi connectivity index (χ1v) is 48.6. The van der Waals surface area contributed by atoms with Crippen LogP contribution >= 0.6 is 55.1 Å². The number of anilines is 1. The van der Waals surface area contributed by atoms with E-state index < -0.39 is 0 Å². The summed E-state index contributed by atoms with van der Waals surface area (Å²) in [6.07, 6.45) is 13.6. The molecular weight excluding hydrogens is 1970 g/mol. The highest BCUT2D eigenvalue weighted by Crippen LogP contribution is 2.39. The van der Waals surface area contributed by atoms with Crippen LogP contribution in [-0.4, -0.2) is 106 Å². The Hall–Kier alpha value is -16.1. The number of pyridine rings is 9. The molecular formula is C120H99BBr2Cl2N16O4. The standard InChI is InChI=1S/C45H27N7.C24H23BN2O2.C18H11BrN2.C9H5Cl2N3.C9H8N2.C7H5BrO.C6H12O.2CH4/c1-2-6-34(7-3-1)43-50-44(35-18-10-28(11-19-35)37-24-22-32-16-14-30-8-4-26-46-39(30)41(32)48-37)52-45(51-43)36-20-12-29(13-21-36)38-25-23-33-17-15-31-9-5-27-47-40(31)42(33)49-38;1-23(2)24(3,4)29-25(28-23)19-12-9-16(10-13-19)20-14-11-18-8-7-17-6-5-15-26-21(17)22(18)27-20;19-15-8-5-12(6-9-15)16-10-7-14-4-3-13-2-1-11-20-17(13)18(14)21-16;10-8-12-7(13-9(11)14-8)6-4-2-1-3-5-6;10-8-5-1-3-7-4-2-6-11-9(7)8;8-7-3-1-6(5-9)2-4-7;1-3-5-6-7-4-2;;/h1-27H;5-15H,1-4H3;1-11H;1-5H;1-6H,10H2;1-5H;4H,2-3,5-6H2,1H3;2*1H4. The molecule has 12 heterocycles. The van der Waals surface area contributed by atoms with Gasteiger partial charge in [-0.05, 0) is 148 Å². The van der Waals surface area contributed by atoms with Crippen LogP contribution in [0.3, 0.4) is 0 Å². The number of hydrogen-bond acceptors (Lipinski definition) is 20. The van der Waals surface area contributed by atoms with Gasteiger partial charge in [0, 0.05) is 138 Å². The van der Waals surface area contributed by atoms with Crippen LogP contribution in [0, 0.1) is 0 Å². The van der Waals surface area contributed by atoms with Gasteiger partial charge in [0.05, 0.1) is 102 Å². The molecule has 23 aromatic rings. The molecule has 0 aliphatic carbocycles. The van der Waals surface area contributed by atoms with Crippen LogP contribution < -0.4 is 11.2 Å². The molecule has 0 radical (unpaired) electrons. The number of halogens is 4. The minimum Gasteiger partial charge on any atom is -0.502 e. The number of nitrogens with zero attached hydrogens (tertiary/aromatic N) is 15. The number of para-hydroxylation sites is 1. The minimum atomic E-state index is -0.355. The molecule has 0 bridgehead atoms. The van der Waals surface area contributed by atoms with Gasteiger partial charge >= 0.3 is 7.12 Å². The Bertz CT molecular complexity index is 8270. The van der Waals surface area contributed by atoms with E-state index in [-0.39, 0.29) is 43.7 Å². The van der Waals surface area contributed by atoms with Crippen molar-refractivity contribution in [3.63, 3.8) is 0 Å². The molecule has 2 N–H and O–H groups in total. The number of aldehydes is 1. The van der Waals surface area contributed by atoms with Gasteiger partial charge in [-0.1, -0.05) is 340 Å². The van der Waals surface area contributed by atoms with Gasteiger partial charge < -0.3 is 19.8 Å². The summed E-state index contributed by atoms with van der Waals surface area (Å²) >= 11 is 18.0. The Morgan fingerprint density at radius 3 is 0.938 bits per heavy atom. The zero-order valence-corrected chi connectivity index (χ0v) is 83.1. The number of carbonyl (C=O) groups excluding carboxylic acids is 1. The third-order valence-electron chi connectivity index (χ3n) is 24.2. The molecule has 12 aromatic carbocycles. The number of carbonyl (C=O) groups is 1. The highest BCUT2D eigenvalue weighted by molar-refractivity contribution is 9.10. The van der Waals surface area contributed by atoms with Crippen molar-refractivity contribution in [2.75, 3.05) is 12.3 Å². The van der Waals surface area contributed by atoms with Crippen molar-refractivity contribution in [3.8, 4) is 90.6 Å². The van der Waals surface area contributed by atoms with Crippen molar-refractivity contribution < 1.29 is 18.8 Å². The van der Waals surface area contributed by atoms with Crippen LogP contribution in [-0.2, 0) is 14.0 Å². The molecule has 714 valence electrons. The van der Waals surface area contributed by atoms with Crippen LogP contribution in [0.1, 0.15) is 72.7 Å². The SMILES string of the molecule is Brc1ccc(-c2ccc3ccc4cccnc4c3n2)cc1.C.C.C=COCCCC.CC1(C)OB(c2ccc(-c3ccc4ccc5cccnc5c4n3)cc2)OC1(C)C.Clc1nc(Cl)nc(-c2ccccc2)n1.Nc1cccc2cccnc12.O=Cc1ccc(Br)cc1.c1ccc(-c2nc(-c3ccc(-c4ccc5ccc6cccnc6c5n4)cc3)nc(-c3ccc(-c4ccc5ccc6cccnc6c5n4)cc3)n2)cc1. The van der Waals surface area contributed by atoms with E-state index in [1.54, 1.807) is 18.3 Å². The molecule has 20 nitrogen and oxygen atoms in total. The quantitative estimate of drug-likeness (QED) is 0.0265. The maximum absolute atomic E-state index is 10.1. The lowest BCUT2D eigenvalue weighted by Crippen LogP contribution is -2.41. The summed E-state index contributed by atoms with van der Waals surface area (Å²) in [6.45, 7) is 14.6. The van der Waals surface area contributed by atoms with Gasteiger partial charge in [-0.3, -0.25) is 29.7 Å². The molecule has 11 aromatic heterocycles. The summed E-state index contributed by atoms with van der Waals surface area (Å²) in [5.41, 5.74) is 27.1. The number of fused-ring (bicyclic) bond motifs is 13. The molecule has 0 amide bonds. The largest absolute Gasteiger partial charge is 0.502 e. The number of nitrogens with two attached hydrogens (primary N) is 1. The van der Waals surface area contributed by atoms with E-state index in [1.165, 1.54) is 12.7 Å². The maximum Gasteiger partial charge on any atom is 0.494 e. The molecule has 0 spiro atoms. The number of aromatic nitrogens is 15. The zero-order chi connectivity index (χ0) is 98.8. The first-order chi connectivity index (χ1) is 69.8. The summed E-state index contributed by atoms with van der Waals surface area (Å²) < 4.78 is 19.2. The second-order valence-corrected chi connectivity index (χ2v) is 36.7. The first-order valence-electron chi connectivity index (χ1n) is 46.2. The fourth-order valence-corrected chi connectivity index (χ4v) is 16.8. The fraction of sp³-hybridized carbons (Fsp3) is 0.100. The van der Waals surface area contributed by atoms with Crippen molar-refractivity contribution in [2.24, 2.45) is 0 Å². The fourth-order valence-electron chi connectivity index (χ4n) is 15.9. The molecule has 0 unspecified atom stereocenters.